The second kappa shape index (κ2) is 9.05. The summed E-state index contributed by atoms with van der Waals surface area (Å²) >= 11 is 0. The highest BCUT2D eigenvalue weighted by Crippen LogP contribution is 2.26. The van der Waals surface area contributed by atoms with Crippen LogP contribution in [0.2, 0.25) is 0 Å². The molecule has 142 valence electrons. The van der Waals surface area contributed by atoms with Gasteiger partial charge in [-0.2, -0.15) is 0 Å². The van der Waals surface area contributed by atoms with E-state index in [1.165, 1.54) is 7.11 Å². The average molecular weight is 369 g/mol. The third-order valence-corrected chi connectivity index (χ3v) is 4.30. The lowest BCUT2D eigenvalue weighted by atomic mass is 10.2. The number of esters is 1. The van der Waals surface area contributed by atoms with Gasteiger partial charge in [0.2, 0.25) is 5.91 Å². The minimum atomic E-state index is -0.489. The molecule has 1 heterocycles. The number of carbonyl (C=O) groups is 2. The fourth-order valence-corrected chi connectivity index (χ4v) is 2.95. The predicted octanol–water partition coefficient (Wildman–Crippen LogP) is 2.36. The molecule has 1 amide bonds. The fourth-order valence-electron chi connectivity index (χ4n) is 2.95. The van der Waals surface area contributed by atoms with E-state index < -0.39 is 5.97 Å². The molecule has 0 aromatic heterocycles. The molecule has 1 saturated heterocycles. The third-order valence-electron chi connectivity index (χ3n) is 4.30. The number of amides is 1. The number of benzene rings is 2. The van der Waals surface area contributed by atoms with E-state index in [4.69, 9.17) is 9.47 Å². The van der Waals surface area contributed by atoms with Gasteiger partial charge in [-0.1, -0.05) is 24.3 Å². The van der Waals surface area contributed by atoms with E-state index >= 15 is 0 Å². The molecule has 2 N–H and O–H groups in total. The van der Waals surface area contributed by atoms with Crippen LogP contribution in [0.4, 0.5) is 17.1 Å². The molecule has 0 unspecified atom stereocenters. The van der Waals surface area contributed by atoms with Crippen LogP contribution < -0.4 is 15.5 Å². The number of ether oxygens (including phenoxy) is 2. The summed E-state index contributed by atoms with van der Waals surface area (Å²) in [6, 6.07) is 14.6. The molecule has 7 nitrogen and oxygen atoms in total. The summed E-state index contributed by atoms with van der Waals surface area (Å²) in [4.78, 5) is 26.4. The molecule has 27 heavy (non-hydrogen) atoms. The Bertz CT molecular complexity index is 803. The highest BCUT2D eigenvalue weighted by atomic mass is 16.5. The Hall–Kier alpha value is -3.06. The Morgan fingerprint density at radius 2 is 1.70 bits per heavy atom. The van der Waals surface area contributed by atoms with Crippen LogP contribution in [-0.4, -0.2) is 51.8 Å². The molecule has 1 aliphatic heterocycles. The van der Waals surface area contributed by atoms with E-state index in [-0.39, 0.29) is 12.5 Å². The van der Waals surface area contributed by atoms with Crippen LogP contribution >= 0.6 is 0 Å². The van der Waals surface area contributed by atoms with Gasteiger partial charge in [0.1, 0.15) is 0 Å². The standard InChI is InChI=1S/C20H23N3O4/c1-26-20(25)15-6-2-3-7-16(15)22-19(24)14-21-17-8-4-5-9-18(17)23-10-12-27-13-11-23/h2-9,21H,10-14H2,1H3,(H,22,24). The van der Waals surface area contributed by atoms with Crippen molar-refractivity contribution in [1.82, 2.24) is 0 Å². The Kier molecular flexibility index (Phi) is 6.27. The maximum Gasteiger partial charge on any atom is 0.339 e. The first-order valence-corrected chi connectivity index (χ1v) is 8.82. The summed E-state index contributed by atoms with van der Waals surface area (Å²) in [7, 11) is 1.31. The number of para-hydroxylation sites is 3. The van der Waals surface area contributed by atoms with Crippen molar-refractivity contribution in [2.45, 2.75) is 0 Å². The molecule has 0 aliphatic carbocycles. The van der Waals surface area contributed by atoms with Crippen molar-refractivity contribution in [3.8, 4) is 0 Å². The van der Waals surface area contributed by atoms with E-state index in [0.29, 0.717) is 24.5 Å². The largest absolute Gasteiger partial charge is 0.465 e. The van der Waals surface area contributed by atoms with Crippen LogP contribution in [0.1, 0.15) is 10.4 Å². The van der Waals surface area contributed by atoms with Gasteiger partial charge in [0.15, 0.2) is 0 Å². The molecular formula is C20H23N3O4. The summed E-state index contributed by atoms with van der Waals surface area (Å²) in [5.74, 6) is -0.736. The molecule has 0 bridgehead atoms. The summed E-state index contributed by atoms with van der Waals surface area (Å²) in [5.41, 5.74) is 2.68. The molecule has 2 aromatic rings. The summed E-state index contributed by atoms with van der Waals surface area (Å²) in [6.07, 6.45) is 0. The minimum Gasteiger partial charge on any atom is -0.465 e. The van der Waals surface area contributed by atoms with Crippen molar-refractivity contribution in [2.24, 2.45) is 0 Å². The van der Waals surface area contributed by atoms with Crippen LogP contribution in [0, 0.1) is 0 Å². The van der Waals surface area contributed by atoms with Crippen molar-refractivity contribution in [3.63, 3.8) is 0 Å². The molecule has 1 aliphatic rings. The van der Waals surface area contributed by atoms with Gasteiger partial charge in [-0.15, -0.1) is 0 Å². The van der Waals surface area contributed by atoms with Gasteiger partial charge < -0.3 is 25.0 Å². The van der Waals surface area contributed by atoms with E-state index in [0.717, 1.165) is 24.5 Å². The molecule has 0 spiro atoms. The van der Waals surface area contributed by atoms with Crippen LogP contribution in [-0.2, 0) is 14.3 Å². The molecule has 1 fully saturated rings. The number of carbonyl (C=O) groups excluding carboxylic acids is 2. The first kappa shape index (κ1) is 18.7. The Morgan fingerprint density at radius 1 is 1.04 bits per heavy atom. The summed E-state index contributed by atoms with van der Waals surface area (Å²) < 4.78 is 10.2. The van der Waals surface area contributed by atoms with Crippen LogP contribution in [0.25, 0.3) is 0 Å². The van der Waals surface area contributed by atoms with Gasteiger partial charge >= 0.3 is 5.97 Å². The SMILES string of the molecule is COC(=O)c1ccccc1NC(=O)CNc1ccccc1N1CCOCC1. The summed E-state index contributed by atoms with van der Waals surface area (Å²) in [5, 5.41) is 5.94. The van der Waals surface area contributed by atoms with E-state index in [1.54, 1.807) is 24.3 Å². The Balaban J connectivity index is 1.64. The zero-order valence-electron chi connectivity index (χ0n) is 15.2. The van der Waals surface area contributed by atoms with Gasteiger partial charge in [0.25, 0.3) is 0 Å². The van der Waals surface area contributed by atoms with Crippen molar-refractivity contribution in [1.29, 1.82) is 0 Å². The number of nitrogens with zero attached hydrogens (tertiary/aromatic N) is 1. The molecule has 0 atom stereocenters. The number of methoxy groups -OCH3 is 1. The van der Waals surface area contributed by atoms with Gasteiger partial charge in [-0.25, -0.2) is 4.79 Å². The normalized spacial score (nSPS) is 13.7. The van der Waals surface area contributed by atoms with E-state index in [2.05, 4.69) is 15.5 Å². The third kappa shape index (κ3) is 4.77. The predicted molar refractivity (Wildman–Crippen MR) is 104 cm³/mol. The highest BCUT2D eigenvalue weighted by molar-refractivity contribution is 6.02. The molecule has 0 radical (unpaired) electrons. The average Bonchev–Trinajstić information content (AvgIpc) is 2.73. The number of nitrogens with one attached hydrogen (secondary N) is 2. The minimum absolute atomic E-state index is 0.0802. The number of anilines is 3. The lowest BCUT2D eigenvalue weighted by Gasteiger charge is -2.30. The van der Waals surface area contributed by atoms with Crippen molar-refractivity contribution in [3.05, 3.63) is 54.1 Å². The van der Waals surface area contributed by atoms with Gasteiger partial charge in [0, 0.05) is 13.1 Å². The van der Waals surface area contributed by atoms with Crippen LogP contribution in [0.5, 0.6) is 0 Å². The number of hydrogen-bond donors (Lipinski definition) is 2. The highest BCUT2D eigenvalue weighted by Gasteiger charge is 2.16. The van der Waals surface area contributed by atoms with E-state index in [1.807, 2.05) is 24.3 Å². The van der Waals surface area contributed by atoms with Gasteiger partial charge in [-0.3, -0.25) is 4.79 Å². The monoisotopic (exact) mass is 369 g/mol. The maximum atomic E-state index is 12.4. The topological polar surface area (TPSA) is 79.9 Å². The fraction of sp³-hybridized carbons (Fsp3) is 0.300. The molecule has 7 heteroatoms. The Morgan fingerprint density at radius 3 is 2.44 bits per heavy atom. The zero-order chi connectivity index (χ0) is 19.1. The van der Waals surface area contributed by atoms with Crippen LogP contribution in [0.15, 0.2) is 48.5 Å². The van der Waals surface area contributed by atoms with Gasteiger partial charge in [0.05, 0.1) is 49.5 Å². The molecule has 2 aromatic carbocycles. The lowest BCUT2D eigenvalue weighted by Crippen LogP contribution is -2.36. The van der Waals surface area contributed by atoms with E-state index in [9.17, 15) is 9.59 Å². The zero-order valence-corrected chi connectivity index (χ0v) is 15.2. The molecular weight excluding hydrogens is 346 g/mol. The second-order valence-corrected chi connectivity index (χ2v) is 6.06. The van der Waals surface area contributed by atoms with Gasteiger partial charge in [-0.05, 0) is 24.3 Å². The Labute approximate surface area is 158 Å². The number of hydrogen-bond acceptors (Lipinski definition) is 6. The van der Waals surface area contributed by atoms with Crippen molar-refractivity contribution in [2.75, 3.05) is 55.5 Å². The molecule has 0 saturated carbocycles. The quantitative estimate of drug-likeness (QED) is 0.761. The van der Waals surface area contributed by atoms with Crippen molar-refractivity contribution < 1.29 is 19.1 Å². The smallest absolute Gasteiger partial charge is 0.339 e. The summed E-state index contributed by atoms with van der Waals surface area (Å²) in [6.45, 7) is 3.10. The van der Waals surface area contributed by atoms with Crippen molar-refractivity contribution >= 4 is 28.9 Å². The molecule has 3 rings (SSSR count). The van der Waals surface area contributed by atoms with Crippen LogP contribution in [0.3, 0.4) is 0 Å². The number of rotatable bonds is 6. The lowest BCUT2D eigenvalue weighted by molar-refractivity contribution is -0.114. The number of morpholine rings is 1. The second-order valence-electron chi connectivity index (χ2n) is 6.06. The first-order chi connectivity index (χ1) is 13.2. The first-order valence-electron chi connectivity index (χ1n) is 8.82. The maximum absolute atomic E-state index is 12.4.